The molecule has 0 unspecified atom stereocenters. The van der Waals surface area contributed by atoms with Gasteiger partial charge in [-0.05, 0) is 79.7 Å². The van der Waals surface area contributed by atoms with Crippen molar-refractivity contribution in [1.29, 1.82) is 0 Å². The number of furan rings is 1. The van der Waals surface area contributed by atoms with E-state index in [1.54, 1.807) is 30.3 Å². The van der Waals surface area contributed by atoms with E-state index >= 15 is 0 Å². The molecule has 2 heterocycles. The highest BCUT2D eigenvalue weighted by molar-refractivity contribution is 7.80. The number of carbonyl (C=O) groups excluding carboxylic acids is 1. The van der Waals surface area contributed by atoms with Crippen molar-refractivity contribution in [2.24, 2.45) is 0 Å². The molecule has 0 radical (unpaired) electrons. The first kappa shape index (κ1) is 22.4. The van der Waals surface area contributed by atoms with Gasteiger partial charge in [-0.25, -0.2) is 0 Å². The predicted molar refractivity (Wildman–Crippen MR) is 135 cm³/mol. The van der Waals surface area contributed by atoms with Gasteiger partial charge in [0.1, 0.15) is 11.5 Å². The van der Waals surface area contributed by atoms with Crippen LogP contribution >= 0.6 is 35.4 Å². The first-order valence-electron chi connectivity index (χ1n) is 10.2. The van der Waals surface area contributed by atoms with E-state index in [-0.39, 0.29) is 11.0 Å². The van der Waals surface area contributed by atoms with Crippen LogP contribution in [0.25, 0.3) is 17.4 Å². The van der Waals surface area contributed by atoms with Crippen molar-refractivity contribution in [2.45, 2.75) is 12.8 Å². The molecule has 2 aromatic carbocycles. The molecule has 0 bridgehead atoms. The van der Waals surface area contributed by atoms with Gasteiger partial charge in [-0.2, -0.15) is 0 Å². The van der Waals surface area contributed by atoms with Crippen molar-refractivity contribution in [1.82, 2.24) is 5.32 Å². The van der Waals surface area contributed by atoms with E-state index in [2.05, 4.69) is 27.7 Å². The molecule has 1 aromatic heterocycles. The summed E-state index contributed by atoms with van der Waals surface area (Å²) in [6, 6.07) is 16.8. The van der Waals surface area contributed by atoms with Gasteiger partial charge >= 0.3 is 0 Å². The number of rotatable bonds is 5. The Hall–Kier alpha value is -2.80. The van der Waals surface area contributed by atoms with E-state index in [0.717, 1.165) is 18.8 Å². The van der Waals surface area contributed by atoms with Gasteiger partial charge in [0.05, 0.1) is 10.0 Å². The molecule has 0 saturated carbocycles. The fraction of sp³-hybridized carbons (Fsp3) is 0.167. The SMILES string of the molecule is O=C(C=Cc1ccc(-c2cccc(Cl)c2Cl)o1)NC(=S)Nc1ccc(N2CCCC2)cc1. The Morgan fingerprint density at radius 1 is 1.03 bits per heavy atom. The van der Waals surface area contributed by atoms with Gasteiger partial charge in [-0.3, -0.25) is 10.1 Å². The summed E-state index contributed by atoms with van der Waals surface area (Å²) in [6.07, 6.45) is 5.38. The molecule has 1 amide bonds. The average molecular weight is 486 g/mol. The van der Waals surface area contributed by atoms with Gasteiger partial charge in [0.15, 0.2) is 5.11 Å². The number of halogens is 2. The monoisotopic (exact) mass is 485 g/mol. The zero-order valence-electron chi connectivity index (χ0n) is 17.1. The summed E-state index contributed by atoms with van der Waals surface area (Å²) in [6.45, 7) is 2.19. The Balaban J connectivity index is 1.31. The van der Waals surface area contributed by atoms with Crippen molar-refractivity contribution < 1.29 is 9.21 Å². The molecule has 2 N–H and O–H groups in total. The van der Waals surface area contributed by atoms with Gasteiger partial charge in [-0.1, -0.05) is 29.3 Å². The minimum Gasteiger partial charge on any atom is -0.457 e. The third-order valence-electron chi connectivity index (χ3n) is 5.08. The summed E-state index contributed by atoms with van der Waals surface area (Å²) >= 11 is 17.5. The number of nitrogens with zero attached hydrogens (tertiary/aromatic N) is 1. The molecule has 3 aromatic rings. The highest BCUT2D eigenvalue weighted by Crippen LogP contribution is 2.34. The molecule has 8 heteroatoms. The van der Waals surface area contributed by atoms with Gasteiger partial charge in [-0.15, -0.1) is 0 Å². The van der Waals surface area contributed by atoms with Crippen LogP contribution in [0, 0.1) is 0 Å². The first-order chi connectivity index (χ1) is 15.5. The van der Waals surface area contributed by atoms with Crippen LogP contribution in [0.15, 0.2) is 65.1 Å². The maximum atomic E-state index is 12.2. The smallest absolute Gasteiger partial charge is 0.250 e. The Morgan fingerprint density at radius 2 is 1.78 bits per heavy atom. The summed E-state index contributed by atoms with van der Waals surface area (Å²) in [5, 5.41) is 6.74. The van der Waals surface area contributed by atoms with E-state index in [4.69, 9.17) is 39.8 Å². The lowest BCUT2D eigenvalue weighted by molar-refractivity contribution is -0.115. The van der Waals surface area contributed by atoms with E-state index in [9.17, 15) is 4.79 Å². The highest BCUT2D eigenvalue weighted by Gasteiger charge is 2.12. The van der Waals surface area contributed by atoms with Crippen LogP contribution in [-0.2, 0) is 4.79 Å². The first-order valence-corrected chi connectivity index (χ1v) is 11.4. The fourth-order valence-electron chi connectivity index (χ4n) is 3.49. The Morgan fingerprint density at radius 3 is 2.53 bits per heavy atom. The van der Waals surface area contributed by atoms with Crippen LogP contribution in [0.4, 0.5) is 11.4 Å². The topological polar surface area (TPSA) is 57.5 Å². The van der Waals surface area contributed by atoms with Crippen molar-refractivity contribution in [3.05, 3.63) is 76.5 Å². The minimum atomic E-state index is -0.366. The highest BCUT2D eigenvalue weighted by atomic mass is 35.5. The molecular weight excluding hydrogens is 465 g/mol. The largest absolute Gasteiger partial charge is 0.457 e. The van der Waals surface area contributed by atoms with Crippen LogP contribution in [0.5, 0.6) is 0 Å². The lowest BCUT2D eigenvalue weighted by atomic mass is 10.2. The molecule has 0 atom stereocenters. The van der Waals surface area contributed by atoms with Gasteiger partial charge in [0.25, 0.3) is 0 Å². The summed E-state index contributed by atoms with van der Waals surface area (Å²) in [5.41, 5.74) is 2.70. The van der Waals surface area contributed by atoms with Crippen molar-refractivity contribution in [2.75, 3.05) is 23.3 Å². The van der Waals surface area contributed by atoms with Crippen LogP contribution < -0.4 is 15.5 Å². The summed E-state index contributed by atoms with van der Waals surface area (Å²) in [4.78, 5) is 14.6. The number of hydrogen-bond acceptors (Lipinski definition) is 4. The quantitative estimate of drug-likeness (QED) is 0.324. The van der Waals surface area contributed by atoms with E-state index in [0.29, 0.717) is 27.1 Å². The van der Waals surface area contributed by atoms with Crippen molar-refractivity contribution in [3.63, 3.8) is 0 Å². The number of benzene rings is 2. The second kappa shape index (κ2) is 10.2. The number of hydrogen-bond donors (Lipinski definition) is 2. The standard InChI is InChI=1S/C24H21Cl2N3O2S/c25-20-5-3-4-19(23(20)26)21-12-10-18(31-21)11-13-22(30)28-24(32)27-16-6-8-17(9-7-16)29-14-1-2-15-29/h3-13H,1-2,14-15H2,(H2,27,28,30,32). The Kier molecular flexibility index (Phi) is 7.15. The maximum absolute atomic E-state index is 12.2. The summed E-state index contributed by atoms with van der Waals surface area (Å²) in [5.74, 6) is 0.699. The molecule has 32 heavy (non-hydrogen) atoms. The molecular formula is C24H21Cl2N3O2S. The normalized spacial score (nSPS) is 13.5. The molecule has 1 aliphatic heterocycles. The van der Waals surface area contributed by atoms with E-state index in [1.165, 1.54) is 24.6 Å². The molecule has 1 fully saturated rings. The van der Waals surface area contributed by atoms with Crippen molar-refractivity contribution >= 4 is 63.9 Å². The second-order valence-corrected chi connectivity index (χ2v) is 8.51. The molecule has 1 saturated heterocycles. The van der Waals surface area contributed by atoms with Gasteiger partial charge in [0, 0.05) is 36.1 Å². The summed E-state index contributed by atoms with van der Waals surface area (Å²) < 4.78 is 5.75. The second-order valence-electron chi connectivity index (χ2n) is 7.32. The van der Waals surface area contributed by atoms with Crippen LogP contribution in [0.2, 0.25) is 10.0 Å². The van der Waals surface area contributed by atoms with E-state index < -0.39 is 0 Å². The molecule has 4 rings (SSSR count). The van der Waals surface area contributed by atoms with E-state index in [1.807, 2.05) is 18.2 Å². The lowest BCUT2D eigenvalue weighted by Gasteiger charge is -2.18. The molecule has 0 spiro atoms. The maximum Gasteiger partial charge on any atom is 0.250 e. The van der Waals surface area contributed by atoms with Crippen LogP contribution in [0.3, 0.4) is 0 Å². The number of thiocarbonyl (C=S) groups is 1. The predicted octanol–water partition coefficient (Wildman–Crippen LogP) is 6.38. The molecule has 0 aliphatic carbocycles. The molecule has 5 nitrogen and oxygen atoms in total. The number of carbonyl (C=O) groups is 1. The fourth-order valence-corrected chi connectivity index (χ4v) is 4.10. The zero-order valence-corrected chi connectivity index (χ0v) is 19.4. The van der Waals surface area contributed by atoms with Crippen LogP contribution in [-0.4, -0.2) is 24.1 Å². The molecule has 1 aliphatic rings. The third-order valence-corrected chi connectivity index (χ3v) is 6.10. The lowest BCUT2D eigenvalue weighted by Crippen LogP contribution is -2.32. The van der Waals surface area contributed by atoms with Gasteiger partial charge < -0.3 is 14.6 Å². The molecule has 164 valence electrons. The Bertz CT molecular complexity index is 1150. The Labute approximate surface area is 202 Å². The number of nitrogens with one attached hydrogen (secondary N) is 2. The third kappa shape index (κ3) is 5.51. The zero-order chi connectivity index (χ0) is 22.5. The van der Waals surface area contributed by atoms with Crippen LogP contribution in [0.1, 0.15) is 18.6 Å². The minimum absolute atomic E-state index is 0.222. The van der Waals surface area contributed by atoms with Gasteiger partial charge in [0.2, 0.25) is 5.91 Å². The average Bonchev–Trinajstić information content (AvgIpc) is 3.47. The van der Waals surface area contributed by atoms with Crippen molar-refractivity contribution in [3.8, 4) is 11.3 Å². The number of amides is 1. The summed E-state index contributed by atoms with van der Waals surface area (Å²) in [7, 11) is 0. The number of anilines is 2.